The summed E-state index contributed by atoms with van der Waals surface area (Å²) in [5.41, 5.74) is 4.82. The lowest BCUT2D eigenvalue weighted by Crippen LogP contribution is -2.41. The van der Waals surface area contributed by atoms with Crippen LogP contribution in [0.25, 0.3) is 11.8 Å². The quantitative estimate of drug-likeness (QED) is 0.317. The van der Waals surface area contributed by atoms with Gasteiger partial charge in [0.25, 0.3) is 5.91 Å². The number of carbonyl (C=O) groups excluding carboxylic acids is 1. The second kappa shape index (κ2) is 11.5. The van der Waals surface area contributed by atoms with Gasteiger partial charge in [0.2, 0.25) is 7.29 Å². The SMILES string of the molecule is Cn1cc(C2=Cc3c(N4CCC(CNC(=O)c5ccc(C(C)(C)C)cc5)CC4)ncnc3P(=O)(c3ccccc3)N2)cn1. The van der Waals surface area contributed by atoms with Gasteiger partial charge in [-0.2, -0.15) is 5.10 Å². The number of anilines is 1. The van der Waals surface area contributed by atoms with Gasteiger partial charge in [-0.15, -0.1) is 0 Å². The summed E-state index contributed by atoms with van der Waals surface area (Å²) in [7, 11) is -1.44. The number of amides is 1. The molecule has 1 atom stereocenters. The van der Waals surface area contributed by atoms with Crippen LogP contribution in [0.5, 0.6) is 0 Å². The van der Waals surface area contributed by atoms with Crippen LogP contribution < -0.4 is 26.0 Å². The molecule has 0 bridgehead atoms. The average molecular weight is 596 g/mol. The third kappa shape index (κ3) is 5.87. The predicted octanol–water partition coefficient (Wildman–Crippen LogP) is 4.48. The lowest BCUT2D eigenvalue weighted by atomic mass is 9.86. The second-order valence-electron chi connectivity index (χ2n) is 12.4. The van der Waals surface area contributed by atoms with Crippen LogP contribution in [0.1, 0.15) is 60.7 Å². The molecule has 6 rings (SSSR count). The third-order valence-electron chi connectivity index (χ3n) is 8.32. The molecule has 2 aliphatic rings. The van der Waals surface area contributed by atoms with E-state index >= 15 is 0 Å². The van der Waals surface area contributed by atoms with Gasteiger partial charge < -0.3 is 15.3 Å². The van der Waals surface area contributed by atoms with E-state index in [-0.39, 0.29) is 11.3 Å². The first-order valence-corrected chi connectivity index (χ1v) is 16.5. The van der Waals surface area contributed by atoms with Gasteiger partial charge in [0, 0.05) is 49.3 Å². The summed E-state index contributed by atoms with van der Waals surface area (Å²) in [4.78, 5) is 24.4. The Hall–Kier alpha value is -4.23. The van der Waals surface area contributed by atoms with Crippen LogP contribution in [0.2, 0.25) is 0 Å². The Morgan fingerprint density at radius 1 is 1.05 bits per heavy atom. The van der Waals surface area contributed by atoms with Crippen molar-refractivity contribution in [1.29, 1.82) is 0 Å². The summed E-state index contributed by atoms with van der Waals surface area (Å²) < 4.78 is 16.5. The number of piperidine rings is 1. The van der Waals surface area contributed by atoms with Crippen LogP contribution in [-0.4, -0.2) is 45.3 Å². The van der Waals surface area contributed by atoms with Crippen LogP contribution in [0.3, 0.4) is 0 Å². The van der Waals surface area contributed by atoms with Gasteiger partial charge in [0.1, 0.15) is 17.6 Å². The molecule has 9 nitrogen and oxygen atoms in total. The minimum absolute atomic E-state index is 0.0370. The minimum Gasteiger partial charge on any atom is -0.356 e. The number of nitrogens with zero attached hydrogens (tertiary/aromatic N) is 5. The topological polar surface area (TPSA) is 105 Å². The van der Waals surface area contributed by atoms with Gasteiger partial charge in [0.15, 0.2) is 0 Å². The first-order chi connectivity index (χ1) is 20.6. The normalized spacial score (nSPS) is 18.9. The molecule has 0 saturated carbocycles. The Morgan fingerprint density at radius 2 is 1.77 bits per heavy atom. The average Bonchev–Trinajstić information content (AvgIpc) is 3.46. The zero-order valence-electron chi connectivity index (χ0n) is 25.1. The molecule has 4 heterocycles. The summed E-state index contributed by atoms with van der Waals surface area (Å²) in [6, 6.07) is 17.4. The van der Waals surface area contributed by atoms with Gasteiger partial charge >= 0.3 is 0 Å². The van der Waals surface area contributed by atoms with Gasteiger partial charge in [-0.3, -0.25) is 14.0 Å². The van der Waals surface area contributed by atoms with Crippen LogP contribution >= 0.6 is 7.29 Å². The van der Waals surface area contributed by atoms with Gasteiger partial charge in [-0.25, -0.2) is 9.97 Å². The number of carbonyl (C=O) groups is 1. The molecule has 0 spiro atoms. The number of rotatable bonds is 6. The monoisotopic (exact) mass is 595 g/mol. The molecule has 10 heteroatoms. The van der Waals surface area contributed by atoms with Crippen molar-refractivity contribution in [2.45, 2.75) is 39.0 Å². The lowest BCUT2D eigenvalue weighted by Gasteiger charge is -2.35. The second-order valence-corrected chi connectivity index (χ2v) is 14.8. The summed E-state index contributed by atoms with van der Waals surface area (Å²) in [5.74, 6) is 1.11. The van der Waals surface area contributed by atoms with E-state index in [0.717, 1.165) is 48.6 Å². The molecule has 2 aromatic heterocycles. The van der Waals surface area contributed by atoms with Crippen molar-refractivity contribution in [2.24, 2.45) is 13.0 Å². The smallest absolute Gasteiger partial charge is 0.251 e. The zero-order valence-corrected chi connectivity index (χ0v) is 26.0. The number of hydrogen-bond acceptors (Lipinski definition) is 6. The van der Waals surface area contributed by atoms with Crippen LogP contribution in [0.4, 0.5) is 5.82 Å². The highest BCUT2D eigenvalue weighted by Crippen LogP contribution is 2.47. The molecule has 0 radical (unpaired) electrons. The number of fused-ring (bicyclic) bond motifs is 1. The summed E-state index contributed by atoms with van der Waals surface area (Å²) in [5, 5.41) is 11.5. The molecule has 1 saturated heterocycles. The van der Waals surface area contributed by atoms with Crippen LogP contribution in [-0.2, 0) is 17.0 Å². The maximum atomic E-state index is 14.7. The number of nitrogens with one attached hydrogen (secondary N) is 2. The standard InChI is InChI=1S/C33H38N7O2P/c1-33(2,3)26-12-10-24(11-13-26)31(41)34-19-23-14-16-40(17-15-23)30-28-18-29(25-20-37-39(4)21-25)38-43(42,32(28)36-22-35-30)27-8-6-5-7-9-27/h5-13,18,20-23H,14-17,19H2,1-4H3,(H,34,41)(H,38,42). The fraction of sp³-hybridized carbons (Fsp3) is 0.333. The van der Waals surface area contributed by atoms with E-state index in [9.17, 15) is 9.36 Å². The molecule has 2 N–H and O–H groups in total. The summed E-state index contributed by atoms with van der Waals surface area (Å²) >= 11 is 0. The predicted molar refractivity (Wildman–Crippen MR) is 172 cm³/mol. The molecular formula is C33H38N7O2P. The molecule has 43 heavy (non-hydrogen) atoms. The maximum absolute atomic E-state index is 14.7. The van der Waals surface area contributed by atoms with E-state index in [1.54, 1.807) is 10.9 Å². The fourth-order valence-corrected chi connectivity index (χ4v) is 8.07. The number of hydrogen-bond donors (Lipinski definition) is 2. The highest BCUT2D eigenvalue weighted by Gasteiger charge is 2.38. The zero-order chi connectivity index (χ0) is 30.2. The van der Waals surface area contributed by atoms with Crippen molar-refractivity contribution in [3.05, 3.63) is 95.6 Å². The fourth-order valence-electron chi connectivity index (χ4n) is 5.75. The van der Waals surface area contributed by atoms with Crippen molar-refractivity contribution in [3.8, 4) is 0 Å². The largest absolute Gasteiger partial charge is 0.356 e. The van der Waals surface area contributed by atoms with E-state index in [1.165, 1.54) is 11.9 Å². The Bertz CT molecular complexity index is 1700. The third-order valence-corrected chi connectivity index (χ3v) is 10.9. The van der Waals surface area contributed by atoms with E-state index in [4.69, 9.17) is 4.98 Å². The summed E-state index contributed by atoms with van der Waals surface area (Å²) in [6.45, 7) is 8.70. The van der Waals surface area contributed by atoms with Gasteiger partial charge in [-0.1, -0.05) is 51.1 Å². The van der Waals surface area contributed by atoms with Crippen LogP contribution in [0.15, 0.2) is 73.3 Å². The first-order valence-electron chi connectivity index (χ1n) is 14.8. The molecule has 222 valence electrons. The van der Waals surface area contributed by atoms with E-state index in [2.05, 4.69) is 46.2 Å². The molecule has 2 aliphatic heterocycles. The van der Waals surface area contributed by atoms with E-state index < -0.39 is 7.29 Å². The number of aryl methyl sites for hydroxylation is 1. The van der Waals surface area contributed by atoms with Crippen molar-refractivity contribution >= 4 is 41.5 Å². The van der Waals surface area contributed by atoms with Crippen molar-refractivity contribution < 1.29 is 9.36 Å². The summed E-state index contributed by atoms with van der Waals surface area (Å²) in [6.07, 6.45) is 9.01. The molecular weight excluding hydrogens is 557 g/mol. The Labute approximate surface area is 252 Å². The minimum atomic E-state index is -3.30. The molecule has 4 aromatic rings. The van der Waals surface area contributed by atoms with E-state index in [1.807, 2.05) is 73.9 Å². The Balaban J connectivity index is 1.19. The first kappa shape index (κ1) is 28.9. The van der Waals surface area contributed by atoms with Gasteiger partial charge in [0.05, 0.1) is 17.5 Å². The molecule has 2 aromatic carbocycles. The van der Waals surface area contributed by atoms with Crippen molar-refractivity contribution in [1.82, 2.24) is 30.2 Å². The highest BCUT2D eigenvalue weighted by molar-refractivity contribution is 7.77. The number of aromatic nitrogens is 4. The molecule has 0 aliphatic carbocycles. The van der Waals surface area contributed by atoms with Crippen LogP contribution in [0, 0.1) is 5.92 Å². The van der Waals surface area contributed by atoms with Crippen molar-refractivity contribution in [2.75, 3.05) is 24.5 Å². The number of benzene rings is 2. The highest BCUT2D eigenvalue weighted by atomic mass is 31.2. The molecule has 1 amide bonds. The van der Waals surface area contributed by atoms with Crippen molar-refractivity contribution in [3.63, 3.8) is 0 Å². The lowest BCUT2D eigenvalue weighted by molar-refractivity contribution is 0.0945. The Kier molecular flexibility index (Phi) is 7.69. The maximum Gasteiger partial charge on any atom is 0.251 e. The van der Waals surface area contributed by atoms with E-state index in [0.29, 0.717) is 28.8 Å². The molecule has 1 fully saturated rings. The molecule has 1 unspecified atom stereocenters. The Morgan fingerprint density at radius 3 is 2.42 bits per heavy atom. The van der Waals surface area contributed by atoms with Gasteiger partial charge in [-0.05, 0) is 60.1 Å².